The first-order valence-electron chi connectivity index (χ1n) is 5.54. The molecule has 0 radical (unpaired) electrons. The van der Waals surface area contributed by atoms with Crippen LogP contribution in [-0.2, 0) is 23.2 Å². The molecule has 0 N–H and O–H groups in total. The van der Waals surface area contributed by atoms with Gasteiger partial charge in [-0.1, -0.05) is 30.4 Å². The van der Waals surface area contributed by atoms with E-state index in [-0.39, 0.29) is 29.3 Å². The molecule has 1 unspecified atom stereocenters. The van der Waals surface area contributed by atoms with Crippen LogP contribution >= 0.6 is 0 Å². The predicted molar refractivity (Wildman–Crippen MR) is 65.5 cm³/mol. The fourth-order valence-corrected chi connectivity index (χ4v) is 1.93. The van der Waals surface area contributed by atoms with Crippen LogP contribution in [0.15, 0.2) is 18.2 Å². The van der Waals surface area contributed by atoms with Crippen LogP contribution in [0.1, 0.15) is 12.5 Å². The van der Waals surface area contributed by atoms with Crippen molar-refractivity contribution in [1.82, 2.24) is 0 Å². The Kier molecular flexibility index (Phi) is 3.81. The van der Waals surface area contributed by atoms with Crippen molar-refractivity contribution in [3.63, 3.8) is 0 Å². The Labute approximate surface area is 108 Å². The zero-order chi connectivity index (χ0) is 11.5. The second-order valence-electron chi connectivity index (χ2n) is 4.00. The maximum atomic E-state index is 5.72. The fourth-order valence-electron chi connectivity index (χ4n) is 1.93. The van der Waals surface area contributed by atoms with Crippen LogP contribution in [0.4, 0.5) is 0 Å². The van der Waals surface area contributed by atoms with Gasteiger partial charge >= 0.3 is 32.5 Å². The van der Waals surface area contributed by atoms with E-state index >= 15 is 0 Å². The summed E-state index contributed by atoms with van der Waals surface area (Å²) in [6.45, 7) is 2.06. The number of ether oxygens (including phenoxy) is 1. The van der Waals surface area contributed by atoms with Gasteiger partial charge in [0.2, 0.25) is 0 Å². The molecule has 1 aromatic carbocycles. The van der Waals surface area contributed by atoms with E-state index in [9.17, 15) is 0 Å². The molecule has 2 aliphatic rings. The number of hydrogen-bond donors (Lipinski definition) is 0. The van der Waals surface area contributed by atoms with Gasteiger partial charge in [0.15, 0.2) is 0 Å². The van der Waals surface area contributed by atoms with Crippen LogP contribution in [0, 0.1) is 0 Å². The summed E-state index contributed by atoms with van der Waals surface area (Å²) in [5, 5.41) is 2.49. The minimum absolute atomic E-state index is 0.218. The van der Waals surface area contributed by atoms with Crippen LogP contribution in [0.25, 0.3) is 18.2 Å². The summed E-state index contributed by atoms with van der Waals surface area (Å²) in [7, 11) is 0. The second kappa shape index (κ2) is 5.14. The van der Waals surface area contributed by atoms with Gasteiger partial charge in [-0.15, -0.1) is 0 Å². The van der Waals surface area contributed by atoms with Gasteiger partial charge in [0.05, 0.1) is 0 Å². The Morgan fingerprint density at radius 1 is 1.19 bits per heavy atom. The van der Waals surface area contributed by atoms with E-state index in [1.54, 1.807) is 0 Å². The van der Waals surface area contributed by atoms with Crippen LogP contribution < -0.4 is 15.2 Å². The first-order chi connectivity index (χ1) is 7.76. The van der Waals surface area contributed by atoms with Crippen molar-refractivity contribution in [3.05, 3.63) is 34.2 Å². The number of hydrogen-bond acceptors (Lipinski definition) is 1. The molecule has 2 heteroatoms. The van der Waals surface area contributed by atoms with Crippen LogP contribution in [0.3, 0.4) is 0 Å². The van der Waals surface area contributed by atoms with Crippen LogP contribution in [0.5, 0.6) is 5.75 Å². The van der Waals surface area contributed by atoms with E-state index in [1.165, 1.54) is 16.0 Å². The van der Waals surface area contributed by atoms with Crippen molar-refractivity contribution in [2.75, 3.05) is 0 Å². The summed E-state index contributed by atoms with van der Waals surface area (Å²) in [4.78, 5) is 0. The SMILES string of the molecule is CC1C=c2ccc3c(c2O1)C=CC=3.[CH3][Zr][CH3]. The van der Waals surface area contributed by atoms with Gasteiger partial charge in [0.25, 0.3) is 0 Å². The summed E-state index contributed by atoms with van der Waals surface area (Å²) in [5.74, 6) is 1.05. The molecule has 0 fully saturated rings. The van der Waals surface area contributed by atoms with E-state index in [4.69, 9.17) is 4.74 Å². The summed E-state index contributed by atoms with van der Waals surface area (Å²) in [6.07, 6.45) is 8.66. The van der Waals surface area contributed by atoms with Gasteiger partial charge in [0, 0.05) is 10.8 Å². The second-order valence-corrected chi connectivity index (χ2v) is 6.46. The third kappa shape index (κ3) is 2.22. The van der Waals surface area contributed by atoms with Crippen molar-refractivity contribution < 1.29 is 28.0 Å². The van der Waals surface area contributed by atoms with Crippen molar-refractivity contribution in [2.24, 2.45) is 0 Å². The van der Waals surface area contributed by atoms with Crippen molar-refractivity contribution >= 4 is 18.2 Å². The maximum absolute atomic E-state index is 5.72. The van der Waals surface area contributed by atoms with Crippen molar-refractivity contribution in [3.8, 4) is 5.75 Å². The summed E-state index contributed by atoms with van der Waals surface area (Å²) in [6, 6.07) is 4.27. The van der Waals surface area contributed by atoms with Crippen LogP contribution in [0.2, 0.25) is 9.26 Å². The molecular weight excluding hydrogens is 275 g/mol. The van der Waals surface area contributed by atoms with Gasteiger partial charge in [0.1, 0.15) is 11.9 Å². The molecule has 82 valence electrons. The van der Waals surface area contributed by atoms with E-state index in [2.05, 4.69) is 52.6 Å². The Balaban J connectivity index is 0.000000292. The standard InChI is InChI=1S/C12H10O.2CH3.Zr/c1-8-7-10-6-5-9-3-2-4-11(9)12(10)13-8;;;/h2-8H,1H3;2*1H3;. The fraction of sp³-hybridized carbons (Fsp3) is 0.286. The summed E-state index contributed by atoms with van der Waals surface area (Å²) < 4.78 is 10.3. The average Bonchev–Trinajstić information content (AvgIpc) is 2.81. The molecule has 0 spiro atoms. The van der Waals surface area contributed by atoms with Gasteiger partial charge in [-0.05, 0) is 18.2 Å². The Hall–Kier alpha value is -0.617. The molecule has 1 nitrogen and oxygen atoms in total. The number of benzene rings is 1. The first kappa shape index (κ1) is 11.9. The van der Waals surface area contributed by atoms with Gasteiger partial charge in [-0.2, -0.15) is 0 Å². The Bertz CT molecular complexity index is 528. The van der Waals surface area contributed by atoms with Gasteiger partial charge in [-0.25, -0.2) is 0 Å². The molecule has 1 heterocycles. The number of rotatable bonds is 0. The predicted octanol–water partition coefficient (Wildman–Crippen LogP) is 2.22. The Morgan fingerprint density at radius 3 is 2.62 bits per heavy atom. The Morgan fingerprint density at radius 2 is 1.88 bits per heavy atom. The normalized spacial score (nSPS) is 18.3. The molecule has 1 atom stereocenters. The monoisotopic (exact) mass is 290 g/mol. The summed E-state index contributed by atoms with van der Waals surface area (Å²) in [5.41, 5.74) is 1.23. The zero-order valence-electron chi connectivity index (χ0n) is 9.95. The van der Waals surface area contributed by atoms with E-state index in [1.807, 2.05) is 0 Å². The molecule has 0 bridgehead atoms. The van der Waals surface area contributed by atoms with Crippen LogP contribution in [-0.4, -0.2) is 6.10 Å². The number of allylic oxidation sites excluding steroid dienone is 1. The topological polar surface area (TPSA) is 9.23 Å². The van der Waals surface area contributed by atoms with Gasteiger partial charge in [-0.3, -0.25) is 0 Å². The first-order valence-corrected chi connectivity index (χ1v) is 10.5. The molecule has 0 aromatic heterocycles. The van der Waals surface area contributed by atoms with E-state index < -0.39 is 0 Å². The average molecular weight is 292 g/mol. The van der Waals surface area contributed by atoms with E-state index in [0.29, 0.717) is 0 Å². The quantitative estimate of drug-likeness (QED) is 0.712. The van der Waals surface area contributed by atoms with Gasteiger partial charge < -0.3 is 4.74 Å². The molecule has 1 aromatic rings. The third-order valence-electron chi connectivity index (χ3n) is 2.52. The molecule has 16 heavy (non-hydrogen) atoms. The summed E-state index contributed by atoms with van der Waals surface area (Å²) >= 11 is 0.230. The molecule has 1 aliphatic carbocycles. The third-order valence-corrected chi connectivity index (χ3v) is 2.52. The molecule has 0 saturated carbocycles. The molecule has 0 saturated heterocycles. The molecular formula is C14H16OZr. The molecule has 1 aliphatic heterocycles. The number of fused-ring (bicyclic) bond motifs is 3. The van der Waals surface area contributed by atoms with Crippen molar-refractivity contribution in [1.29, 1.82) is 0 Å². The molecule has 0 amide bonds. The van der Waals surface area contributed by atoms with Crippen molar-refractivity contribution in [2.45, 2.75) is 22.3 Å². The zero-order valence-corrected chi connectivity index (χ0v) is 12.4. The molecule has 3 rings (SSSR count). The van der Waals surface area contributed by atoms with E-state index in [0.717, 1.165) is 5.75 Å². The minimum atomic E-state index is 0.218.